The van der Waals surface area contributed by atoms with Gasteiger partial charge in [-0.3, -0.25) is 10.2 Å². The minimum atomic E-state index is -0.832. The molecule has 0 bridgehead atoms. The van der Waals surface area contributed by atoms with E-state index in [2.05, 4.69) is 15.2 Å². The Bertz CT molecular complexity index is 1030. The number of carbonyl (C=O) groups excluding carboxylic acids is 4. The van der Waals surface area contributed by atoms with Gasteiger partial charge in [0.05, 0.1) is 25.3 Å². The number of guanidine groups is 1. The van der Waals surface area contributed by atoms with Gasteiger partial charge in [-0.1, -0.05) is 0 Å². The summed E-state index contributed by atoms with van der Waals surface area (Å²) in [7, 11) is 2.54. The van der Waals surface area contributed by atoms with Crippen LogP contribution in [0.4, 0.5) is 9.59 Å². The molecule has 0 radical (unpaired) electrons. The number of rotatable bonds is 4. The molecular formula is C26H38N4O8. The molecule has 1 saturated heterocycles. The highest BCUT2D eigenvalue weighted by molar-refractivity contribution is 5.99. The van der Waals surface area contributed by atoms with E-state index in [1.165, 1.54) is 20.3 Å². The number of aliphatic imine (C=N–C) groups is 1. The molecule has 0 aliphatic carbocycles. The van der Waals surface area contributed by atoms with Crippen LogP contribution in [0.3, 0.4) is 0 Å². The lowest BCUT2D eigenvalue weighted by Crippen LogP contribution is -2.54. The van der Waals surface area contributed by atoms with E-state index in [1.54, 1.807) is 58.6 Å². The first kappa shape index (κ1) is 30.6. The van der Waals surface area contributed by atoms with Crippen LogP contribution in [-0.2, 0) is 25.5 Å². The number of carbonyl (C=O) groups is 4. The van der Waals surface area contributed by atoms with Gasteiger partial charge >= 0.3 is 24.1 Å². The van der Waals surface area contributed by atoms with Gasteiger partial charge in [0, 0.05) is 32.7 Å². The fraction of sp³-hybridized carbons (Fsp3) is 0.577. The molecule has 1 N–H and O–H groups in total. The molecule has 1 heterocycles. The molecule has 210 valence electrons. The summed E-state index contributed by atoms with van der Waals surface area (Å²) >= 11 is 0. The summed E-state index contributed by atoms with van der Waals surface area (Å²) in [6.07, 6.45) is -1.57. The van der Waals surface area contributed by atoms with E-state index in [-0.39, 0.29) is 17.1 Å². The molecule has 2 amide bonds. The number of nitrogens with zero attached hydrogens (tertiary/aromatic N) is 3. The van der Waals surface area contributed by atoms with Crippen LogP contribution in [0.15, 0.2) is 23.2 Å². The zero-order chi connectivity index (χ0) is 28.7. The third kappa shape index (κ3) is 10.0. The first-order valence-corrected chi connectivity index (χ1v) is 12.2. The number of ether oxygens (including phenoxy) is 4. The van der Waals surface area contributed by atoms with Crippen molar-refractivity contribution in [3.8, 4) is 0 Å². The number of benzene rings is 1. The molecule has 38 heavy (non-hydrogen) atoms. The van der Waals surface area contributed by atoms with Gasteiger partial charge in [-0.15, -0.1) is 4.99 Å². The molecule has 0 atom stereocenters. The number of hydrogen-bond acceptors (Lipinski definition) is 9. The van der Waals surface area contributed by atoms with Gasteiger partial charge in [-0.25, -0.2) is 19.2 Å². The Morgan fingerprint density at radius 3 is 1.76 bits per heavy atom. The molecule has 1 fully saturated rings. The Labute approximate surface area is 223 Å². The lowest BCUT2D eigenvalue weighted by molar-refractivity contribution is 0.0543. The highest BCUT2D eigenvalue weighted by atomic mass is 16.6. The second-order valence-corrected chi connectivity index (χ2v) is 10.7. The average molecular weight is 535 g/mol. The van der Waals surface area contributed by atoms with Gasteiger partial charge in [0.1, 0.15) is 11.2 Å². The maximum atomic E-state index is 12.4. The molecule has 1 aliphatic rings. The van der Waals surface area contributed by atoms with E-state index in [4.69, 9.17) is 18.9 Å². The minimum Gasteiger partial charge on any atom is -0.465 e. The number of esters is 2. The monoisotopic (exact) mass is 534 g/mol. The Morgan fingerprint density at radius 2 is 1.32 bits per heavy atom. The summed E-state index contributed by atoms with van der Waals surface area (Å²) in [4.78, 5) is 56.9. The Kier molecular flexibility index (Phi) is 10.2. The summed E-state index contributed by atoms with van der Waals surface area (Å²) in [6.45, 7) is 12.8. The number of alkyl carbamates (subject to hydrolysis) is 1. The van der Waals surface area contributed by atoms with Gasteiger partial charge < -0.3 is 23.8 Å². The van der Waals surface area contributed by atoms with Crippen LogP contribution in [0.1, 0.15) is 67.8 Å². The second kappa shape index (κ2) is 12.7. The molecule has 0 saturated carbocycles. The number of hydrogen-bond donors (Lipinski definition) is 1. The topological polar surface area (TPSA) is 136 Å². The number of amides is 2. The van der Waals surface area contributed by atoms with Crippen molar-refractivity contribution in [2.24, 2.45) is 4.99 Å². The van der Waals surface area contributed by atoms with Crippen LogP contribution in [0.25, 0.3) is 0 Å². The third-order valence-corrected chi connectivity index (χ3v) is 5.12. The van der Waals surface area contributed by atoms with Crippen molar-refractivity contribution in [2.75, 3.05) is 40.4 Å². The van der Waals surface area contributed by atoms with Crippen LogP contribution >= 0.6 is 0 Å². The summed E-state index contributed by atoms with van der Waals surface area (Å²) < 4.78 is 20.2. The quantitative estimate of drug-likeness (QED) is 0.265. The van der Waals surface area contributed by atoms with E-state index in [1.807, 2.05) is 0 Å². The SMILES string of the molecule is COC(=O)c1cc(CN2CCN(/C(=N/C(=O)OC(C)(C)C)NC(=O)OC(C)(C)C)CC2)cc(C(=O)OC)c1. The smallest absolute Gasteiger partial charge is 0.437 e. The second-order valence-electron chi connectivity index (χ2n) is 10.7. The highest BCUT2D eigenvalue weighted by Gasteiger charge is 2.26. The van der Waals surface area contributed by atoms with Crippen molar-refractivity contribution in [1.29, 1.82) is 0 Å². The zero-order valence-corrected chi connectivity index (χ0v) is 23.4. The molecular weight excluding hydrogens is 496 g/mol. The van der Waals surface area contributed by atoms with E-state index in [0.717, 1.165) is 5.56 Å². The fourth-order valence-corrected chi connectivity index (χ4v) is 3.57. The molecule has 0 unspecified atom stereocenters. The van der Waals surface area contributed by atoms with E-state index >= 15 is 0 Å². The molecule has 12 heteroatoms. The number of nitrogens with one attached hydrogen (secondary N) is 1. The van der Waals surface area contributed by atoms with Crippen LogP contribution in [0.5, 0.6) is 0 Å². The van der Waals surface area contributed by atoms with E-state index in [0.29, 0.717) is 32.7 Å². The van der Waals surface area contributed by atoms with Crippen molar-refractivity contribution < 1.29 is 38.1 Å². The summed E-state index contributed by atoms with van der Waals surface area (Å²) in [5, 5.41) is 2.57. The maximum Gasteiger partial charge on any atom is 0.437 e. The van der Waals surface area contributed by atoms with Crippen molar-refractivity contribution in [3.63, 3.8) is 0 Å². The molecule has 0 spiro atoms. The van der Waals surface area contributed by atoms with E-state index < -0.39 is 35.3 Å². The van der Waals surface area contributed by atoms with E-state index in [9.17, 15) is 19.2 Å². The molecule has 2 rings (SSSR count). The molecule has 1 aliphatic heterocycles. The number of methoxy groups -OCH3 is 2. The Hall–Kier alpha value is -3.67. The lowest BCUT2D eigenvalue weighted by Gasteiger charge is -2.36. The van der Waals surface area contributed by atoms with Crippen molar-refractivity contribution in [1.82, 2.24) is 15.1 Å². The largest absolute Gasteiger partial charge is 0.465 e. The summed E-state index contributed by atoms with van der Waals surface area (Å²) in [6, 6.07) is 4.77. The Balaban J connectivity index is 2.17. The molecule has 1 aromatic carbocycles. The Morgan fingerprint density at radius 1 is 0.816 bits per heavy atom. The van der Waals surface area contributed by atoms with Crippen LogP contribution < -0.4 is 5.32 Å². The van der Waals surface area contributed by atoms with Crippen LogP contribution in [0, 0.1) is 0 Å². The maximum absolute atomic E-state index is 12.4. The van der Waals surface area contributed by atoms with Crippen molar-refractivity contribution in [3.05, 3.63) is 34.9 Å². The first-order valence-electron chi connectivity index (χ1n) is 12.2. The highest BCUT2D eigenvalue weighted by Crippen LogP contribution is 2.17. The predicted molar refractivity (Wildman–Crippen MR) is 139 cm³/mol. The first-order chi connectivity index (χ1) is 17.6. The van der Waals surface area contributed by atoms with Crippen molar-refractivity contribution >= 4 is 30.1 Å². The van der Waals surface area contributed by atoms with Gasteiger partial charge in [-0.05, 0) is 65.3 Å². The standard InChI is InChI=1S/C26H38N4O8/c1-25(2,3)37-23(33)27-22(28-24(34)38-26(4,5)6)30-11-9-29(10-12-30)16-17-13-18(20(31)35-7)15-19(14-17)21(32)36-8/h13-15H,9-12,16H2,1-8H3,(H,27,28,33,34). The molecule has 1 aromatic rings. The van der Waals surface area contributed by atoms with Crippen LogP contribution in [-0.4, -0.2) is 91.5 Å². The van der Waals surface area contributed by atoms with Gasteiger partial charge in [0.25, 0.3) is 0 Å². The summed E-state index contributed by atoms with van der Waals surface area (Å²) in [5.74, 6) is -1.08. The van der Waals surface area contributed by atoms with Crippen LogP contribution in [0.2, 0.25) is 0 Å². The summed E-state index contributed by atoms with van der Waals surface area (Å²) in [5.41, 5.74) is -0.259. The van der Waals surface area contributed by atoms with Gasteiger partial charge in [-0.2, -0.15) is 0 Å². The van der Waals surface area contributed by atoms with Crippen molar-refractivity contribution in [2.45, 2.75) is 59.3 Å². The lowest BCUT2D eigenvalue weighted by atomic mass is 10.0. The average Bonchev–Trinajstić information content (AvgIpc) is 2.80. The van der Waals surface area contributed by atoms with Gasteiger partial charge in [0.15, 0.2) is 0 Å². The minimum absolute atomic E-state index is 0.0359. The third-order valence-electron chi connectivity index (χ3n) is 5.12. The van der Waals surface area contributed by atoms with Gasteiger partial charge in [0.2, 0.25) is 5.96 Å². The predicted octanol–water partition coefficient (Wildman–Crippen LogP) is 3.19. The normalized spacial score (nSPS) is 14.9. The molecule has 0 aromatic heterocycles. The zero-order valence-electron chi connectivity index (χ0n) is 23.4. The molecule has 12 nitrogen and oxygen atoms in total. The number of piperazine rings is 1. The fourth-order valence-electron chi connectivity index (χ4n) is 3.57.